The number of benzene rings is 3. The average Bonchev–Trinajstić information content (AvgIpc) is 3.31. The van der Waals surface area contributed by atoms with Crippen molar-refractivity contribution in [3.05, 3.63) is 64.7 Å². The lowest BCUT2D eigenvalue weighted by Gasteiger charge is -2.14. The second kappa shape index (κ2) is 10.3. The molecule has 1 aromatic heterocycles. The number of nitrogens with zero attached hydrogens (tertiary/aromatic N) is 1. The van der Waals surface area contributed by atoms with E-state index < -0.39 is 0 Å². The summed E-state index contributed by atoms with van der Waals surface area (Å²) in [6.07, 6.45) is 1.04. The summed E-state index contributed by atoms with van der Waals surface area (Å²) < 4.78 is 22.0. The maximum atomic E-state index is 13.1. The number of carbonyl (C=O) groups is 1. The molecule has 0 aliphatic heterocycles. The van der Waals surface area contributed by atoms with Gasteiger partial charge in [-0.05, 0) is 60.4 Å². The number of anilines is 1. The molecular weight excluding hydrogens is 468 g/mol. The number of hydrogen-bond acceptors (Lipinski definition) is 6. The second-order valence-corrected chi connectivity index (χ2v) is 8.53. The Balaban J connectivity index is 1.65. The molecule has 0 aliphatic carbocycles. The third-order valence-corrected chi connectivity index (χ3v) is 6.31. The van der Waals surface area contributed by atoms with E-state index in [1.54, 1.807) is 30.3 Å². The van der Waals surface area contributed by atoms with E-state index in [0.717, 1.165) is 11.9 Å². The molecule has 35 heavy (non-hydrogen) atoms. The van der Waals surface area contributed by atoms with E-state index in [0.29, 0.717) is 56.5 Å². The van der Waals surface area contributed by atoms with Gasteiger partial charge in [0.1, 0.15) is 5.52 Å². The van der Waals surface area contributed by atoms with Crippen molar-refractivity contribution in [3.63, 3.8) is 0 Å². The predicted molar refractivity (Wildman–Crippen MR) is 137 cm³/mol. The van der Waals surface area contributed by atoms with Crippen LogP contribution in [0.4, 0.5) is 5.69 Å². The van der Waals surface area contributed by atoms with Crippen molar-refractivity contribution in [2.45, 2.75) is 26.2 Å². The first-order valence-corrected chi connectivity index (χ1v) is 11.6. The number of carbonyl (C=O) groups excluding carboxylic acids is 1. The lowest BCUT2D eigenvalue weighted by Crippen LogP contribution is -2.13. The number of nitrogens with one attached hydrogen (secondary N) is 1. The highest BCUT2D eigenvalue weighted by Gasteiger charge is 2.19. The number of hydrogen-bond donors (Lipinski definition) is 1. The largest absolute Gasteiger partial charge is 0.493 e. The van der Waals surface area contributed by atoms with Gasteiger partial charge in [-0.15, -0.1) is 0 Å². The Morgan fingerprint density at radius 1 is 1.03 bits per heavy atom. The first kappa shape index (κ1) is 24.4. The average molecular weight is 495 g/mol. The summed E-state index contributed by atoms with van der Waals surface area (Å²) in [5, 5.41) is 3.23. The predicted octanol–water partition coefficient (Wildman–Crippen LogP) is 6.94. The summed E-state index contributed by atoms with van der Waals surface area (Å²) in [6.45, 7) is 4.34. The van der Waals surface area contributed by atoms with Crippen molar-refractivity contribution in [1.82, 2.24) is 4.98 Å². The van der Waals surface area contributed by atoms with E-state index in [4.69, 9.17) is 30.2 Å². The molecule has 182 valence electrons. The zero-order chi connectivity index (χ0) is 25.1. The Morgan fingerprint density at radius 2 is 1.74 bits per heavy atom. The molecule has 0 saturated carbocycles. The van der Waals surface area contributed by atoms with Gasteiger partial charge in [0.25, 0.3) is 5.91 Å². The number of halogens is 1. The zero-order valence-electron chi connectivity index (χ0n) is 20.3. The molecule has 4 rings (SSSR count). The number of oxazole rings is 1. The van der Waals surface area contributed by atoms with E-state index in [1.807, 2.05) is 6.07 Å². The molecule has 1 amide bonds. The Labute approximate surface area is 209 Å². The maximum absolute atomic E-state index is 13.1. The maximum Gasteiger partial charge on any atom is 0.255 e. The molecule has 3 aromatic carbocycles. The Kier molecular flexibility index (Phi) is 7.17. The number of rotatable bonds is 8. The lowest BCUT2D eigenvalue weighted by atomic mass is 9.98. The van der Waals surface area contributed by atoms with Crippen molar-refractivity contribution >= 4 is 34.3 Å². The van der Waals surface area contributed by atoms with Gasteiger partial charge in [-0.1, -0.05) is 31.5 Å². The van der Waals surface area contributed by atoms with Gasteiger partial charge in [0.2, 0.25) is 11.6 Å². The van der Waals surface area contributed by atoms with Crippen LogP contribution in [0.5, 0.6) is 17.2 Å². The third kappa shape index (κ3) is 4.91. The fourth-order valence-electron chi connectivity index (χ4n) is 3.77. The number of ether oxygens (including phenoxy) is 3. The van der Waals surface area contributed by atoms with Gasteiger partial charge in [0.15, 0.2) is 17.1 Å². The van der Waals surface area contributed by atoms with Gasteiger partial charge in [-0.2, -0.15) is 0 Å². The highest BCUT2D eigenvalue weighted by molar-refractivity contribution is 6.34. The minimum atomic E-state index is -0.390. The monoisotopic (exact) mass is 494 g/mol. The topological polar surface area (TPSA) is 82.8 Å². The highest BCUT2D eigenvalue weighted by atomic mass is 35.5. The number of aromatic nitrogens is 1. The molecule has 1 atom stereocenters. The molecular formula is C27H27ClN2O5. The molecule has 7 nitrogen and oxygen atoms in total. The second-order valence-electron chi connectivity index (χ2n) is 8.12. The molecule has 0 radical (unpaired) electrons. The minimum absolute atomic E-state index is 0.320. The Hall–Kier alpha value is -3.71. The van der Waals surface area contributed by atoms with Crippen LogP contribution in [0, 0.1) is 0 Å². The molecule has 1 N–H and O–H groups in total. The van der Waals surface area contributed by atoms with Crippen LogP contribution in [-0.4, -0.2) is 32.2 Å². The first-order chi connectivity index (χ1) is 16.9. The SMILES string of the molecule is CC[C@@H](C)c1ccc2oc(-c3ccc(Cl)c(NC(=O)c4cc(OC)c(OC)c(OC)c4)c3)nc2c1. The molecule has 4 aromatic rings. The molecule has 0 saturated heterocycles. The molecule has 0 bridgehead atoms. The van der Waals surface area contributed by atoms with Crippen LogP contribution >= 0.6 is 11.6 Å². The normalized spacial score (nSPS) is 11.8. The summed E-state index contributed by atoms with van der Waals surface area (Å²) in [6, 6.07) is 14.4. The molecule has 0 unspecified atom stereocenters. The lowest BCUT2D eigenvalue weighted by molar-refractivity contribution is 0.102. The van der Waals surface area contributed by atoms with E-state index in [-0.39, 0.29) is 5.91 Å². The van der Waals surface area contributed by atoms with Crippen LogP contribution in [0.2, 0.25) is 5.02 Å². The molecule has 0 aliphatic rings. The summed E-state index contributed by atoms with van der Waals surface area (Å²) in [5.41, 5.74) is 4.14. The quantitative estimate of drug-likeness (QED) is 0.285. The molecule has 1 heterocycles. The standard InChI is InChI=1S/C27H27ClN2O5/c1-6-15(2)16-8-10-22-21(11-16)30-27(35-22)17-7-9-19(28)20(12-17)29-26(31)18-13-23(32-3)25(34-5)24(14-18)33-4/h7-15H,6H2,1-5H3,(H,29,31)/t15-/m1/s1. The van der Waals surface area contributed by atoms with Gasteiger partial charge >= 0.3 is 0 Å². The fourth-order valence-corrected chi connectivity index (χ4v) is 3.94. The number of amides is 1. The van der Waals surface area contributed by atoms with Crippen LogP contribution in [0.1, 0.15) is 42.1 Å². The van der Waals surface area contributed by atoms with Gasteiger partial charge in [-0.3, -0.25) is 4.79 Å². The number of fused-ring (bicyclic) bond motifs is 1. The van der Waals surface area contributed by atoms with Gasteiger partial charge in [0, 0.05) is 11.1 Å². The molecule has 0 fully saturated rings. The van der Waals surface area contributed by atoms with Gasteiger partial charge < -0.3 is 23.9 Å². The Bertz CT molecular complexity index is 1360. The van der Waals surface area contributed by atoms with Crippen molar-refractivity contribution in [2.24, 2.45) is 0 Å². The number of methoxy groups -OCH3 is 3. The van der Waals surface area contributed by atoms with E-state index in [2.05, 4.69) is 36.3 Å². The van der Waals surface area contributed by atoms with Crippen LogP contribution < -0.4 is 19.5 Å². The smallest absolute Gasteiger partial charge is 0.255 e. The van der Waals surface area contributed by atoms with E-state index in [9.17, 15) is 4.79 Å². The summed E-state index contributed by atoms with van der Waals surface area (Å²) in [7, 11) is 4.49. The van der Waals surface area contributed by atoms with Crippen molar-refractivity contribution in [1.29, 1.82) is 0 Å². The van der Waals surface area contributed by atoms with Crippen LogP contribution in [0.25, 0.3) is 22.6 Å². The van der Waals surface area contributed by atoms with E-state index >= 15 is 0 Å². The summed E-state index contributed by atoms with van der Waals surface area (Å²) >= 11 is 6.40. The highest BCUT2D eigenvalue weighted by Crippen LogP contribution is 2.39. The van der Waals surface area contributed by atoms with Gasteiger partial charge in [0.05, 0.1) is 32.0 Å². The molecule has 0 spiro atoms. The van der Waals surface area contributed by atoms with E-state index in [1.165, 1.54) is 26.9 Å². The zero-order valence-corrected chi connectivity index (χ0v) is 21.0. The van der Waals surface area contributed by atoms with Crippen LogP contribution in [0.15, 0.2) is 52.9 Å². The Morgan fingerprint density at radius 3 is 2.37 bits per heavy atom. The third-order valence-electron chi connectivity index (χ3n) is 5.98. The summed E-state index contributed by atoms with van der Waals surface area (Å²) in [4.78, 5) is 17.7. The molecule has 8 heteroatoms. The minimum Gasteiger partial charge on any atom is -0.493 e. The summed E-state index contributed by atoms with van der Waals surface area (Å²) in [5.74, 6) is 1.65. The van der Waals surface area contributed by atoms with Gasteiger partial charge in [-0.25, -0.2) is 4.98 Å². The van der Waals surface area contributed by atoms with Crippen molar-refractivity contribution in [2.75, 3.05) is 26.6 Å². The van der Waals surface area contributed by atoms with Crippen molar-refractivity contribution < 1.29 is 23.4 Å². The first-order valence-electron chi connectivity index (χ1n) is 11.2. The van der Waals surface area contributed by atoms with Crippen LogP contribution in [0.3, 0.4) is 0 Å². The fraction of sp³-hybridized carbons (Fsp3) is 0.259. The van der Waals surface area contributed by atoms with Crippen molar-refractivity contribution in [3.8, 4) is 28.7 Å². The van der Waals surface area contributed by atoms with Crippen LogP contribution in [-0.2, 0) is 0 Å².